The molecule has 37 heavy (non-hydrogen) atoms. The molecular formula is C29H30N2O4S2. The number of methoxy groups -OCH3 is 1. The Hall–Kier alpha value is -3.49. The van der Waals surface area contributed by atoms with Crippen molar-refractivity contribution in [3.05, 3.63) is 83.7 Å². The summed E-state index contributed by atoms with van der Waals surface area (Å²) in [5.41, 5.74) is 4.17. The van der Waals surface area contributed by atoms with Gasteiger partial charge in [0, 0.05) is 16.9 Å². The maximum atomic E-state index is 12.6. The number of sulfone groups is 1. The van der Waals surface area contributed by atoms with Gasteiger partial charge in [-0.15, -0.1) is 11.3 Å². The molecule has 1 aromatic heterocycles. The van der Waals surface area contributed by atoms with Crippen molar-refractivity contribution in [1.29, 1.82) is 0 Å². The Labute approximate surface area is 222 Å². The van der Waals surface area contributed by atoms with E-state index in [1.54, 1.807) is 12.1 Å². The average Bonchev–Trinajstić information content (AvgIpc) is 3.31. The molecular weight excluding hydrogens is 504 g/mol. The fraction of sp³-hybridized carbons (Fsp3) is 0.241. The molecule has 0 aliphatic carbocycles. The number of nitrogens with one attached hydrogen (secondary N) is 1. The standard InChI is InChI=1S/C29H30N2O4S2/c1-3-8-26-28(23-14-12-22(13-15-23)21-9-5-4-6-10-21)31-29(36-26)30-27(32)11-7-20-37(33,34)25-18-16-24(35-2)17-19-25/h4-6,9-10,12-19H,3,7-8,11,20H2,1-2H3,(H,30,31,32). The topological polar surface area (TPSA) is 85.4 Å². The lowest BCUT2D eigenvalue weighted by Gasteiger charge is -2.06. The summed E-state index contributed by atoms with van der Waals surface area (Å²) in [6, 6.07) is 24.8. The van der Waals surface area contributed by atoms with E-state index >= 15 is 0 Å². The van der Waals surface area contributed by atoms with E-state index in [2.05, 4.69) is 48.6 Å². The van der Waals surface area contributed by atoms with Crippen molar-refractivity contribution >= 4 is 32.2 Å². The number of nitrogens with zero attached hydrogens (tertiary/aromatic N) is 1. The largest absolute Gasteiger partial charge is 0.497 e. The lowest BCUT2D eigenvalue weighted by Crippen LogP contribution is -2.14. The van der Waals surface area contributed by atoms with Crippen LogP contribution >= 0.6 is 11.3 Å². The van der Waals surface area contributed by atoms with Gasteiger partial charge in [-0.1, -0.05) is 67.9 Å². The minimum absolute atomic E-state index is 0.0964. The van der Waals surface area contributed by atoms with E-state index in [1.165, 1.54) is 30.6 Å². The maximum absolute atomic E-state index is 12.6. The molecule has 0 saturated carbocycles. The zero-order chi connectivity index (χ0) is 26.3. The summed E-state index contributed by atoms with van der Waals surface area (Å²) >= 11 is 1.47. The predicted octanol–water partition coefficient (Wildman–Crippen LogP) is 6.63. The summed E-state index contributed by atoms with van der Waals surface area (Å²) in [7, 11) is -1.94. The summed E-state index contributed by atoms with van der Waals surface area (Å²) in [5.74, 6) is 0.244. The summed E-state index contributed by atoms with van der Waals surface area (Å²) in [6.45, 7) is 2.11. The van der Waals surface area contributed by atoms with Gasteiger partial charge in [0.2, 0.25) is 5.91 Å². The lowest BCUT2D eigenvalue weighted by atomic mass is 10.0. The van der Waals surface area contributed by atoms with Gasteiger partial charge in [-0.2, -0.15) is 0 Å². The highest BCUT2D eigenvalue weighted by atomic mass is 32.2. The Morgan fingerprint density at radius 1 is 0.919 bits per heavy atom. The van der Waals surface area contributed by atoms with Crippen molar-refractivity contribution in [2.24, 2.45) is 0 Å². The van der Waals surface area contributed by atoms with Gasteiger partial charge in [0.25, 0.3) is 0 Å². The molecule has 0 aliphatic heterocycles. The Balaban J connectivity index is 1.39. The second kappa shape index (κ2) is 12.2. The molecule has 0 spiro atoms. The maximum Gasteiger partial charge on any atom is 0.226 e. The van der Waals surface area contributed by atoms with Crippen molar-refractivity contribution in [1.82, 2.24) is 4.98 Å². The fourth-order valence-corrected chi connectivity index (χ4v) is 6.40. The smallest absolute Gasteiger partial charge is 0.226 e. The average molecular weight is 535 g/mol. The van der Waals surface area contributed by atoms with E-state index in [0.717, 1.165) is 40.1 Å². The van der Waals surface area contributed by atoms with Crippen LogP contribution in [0.1, 0.15) is 31.1 Å². The fourth-order valence-electron chi connectivity index (χ4n) is 3.98. The van der Waals surface area contributed by atoms with E-state index in [0.29, 0.717) is 10.9 Å². The van der Waals surface area contributed by atoms with Gasteiger partial charge in [-0.25, -0.2) is 13.4 Å². The SMILES string of the molecule is CCCc1sc(NC(=O)CCCS(=O)(=O)c2ccc(OC)cc2)nc1-c1ccc(-c2ccccc2)cc1. The second-order valence-corrected chi connectivity index (χ2v) is 11.8. The highest BCUT2D eigenvalue weighted by Gasteiger charge is 2.17. The molecule has 1 N–H and O–H groups in total. The van der Waals surface area contributed by atoms with Crippen molar-refractivity contribution in [2.45, 2.75) is 37.5 Å². The number of rotatable bonds is 11. The Bertz CT molecular complexity index is 1430. The molecule has 1 heterocycles. The first-order chi connectivity index (χ1) is 17.9. The molecule has 0 bridgehead atoms. The summed E-state index contributed by atoms with van der Waals surface area (Å²) in [6.07, 6.45) is 2.15. The zero-order valence-corrected chi connectivity index (χ0v) is 22.6. The Morgan fingerprint density at radius 2 is 1.57 bits per heavy atom. The van der Waals surface area contributed by atoms with Crippen LogP contribution in [0.15, 0.2) is 83.8 Å². The van der Waals surface area contributed by atoms with E-state index in [-0.39, 0.29) is 29.4 Å². The number of carbonyl (C=O) groups is 1. The number of aryl methyl sites for hydroxylation is 1. The third-order valence-corrected chi connectivity index (χ3v) is 8.77. The van der Waals surface area contributed by atoms with E-state index in [4.69, 9.17) is 9.72 Å². The van der Waals surface area contributed by atoms with Crippen molar-refractivity contribution in [3.8, 4) is 28.1 Å². The Kier molecular flexibility index (Phi) is 8.74. The number of thiazole rings is 1. The van der Waals surface area contributed by atoms with Crippen LogP contribution in [0.25, 0.3) is 22.4 Å². The second-order valence-electron chi connectivity index (χ2n) is 8.63. The number of benzene rings is 3. The van der Waals surface area contributed by atoms with Crippen LogP contribution in [0.2, 0.25) is 0 Å². The molecule has 192 valence electrons. The molecule has 1 amide bonds. The molecule has 4 rings (SSSR count). The van der Waals surface area contributed by atoms with E-state index < -0.39 is 9.84 Å². The number of aromatic nitrogens is 1. The molecule has 0 fully saturated rings. The molecule has 0 radical (unpaired) electrons. The van der Waals surface area contributed by atoms with Crippen LogP contribution in [-0.4, -0.2) is 32.2 Å². The molecule has 0 unspecified atom stereocenters. The van der Waals surface area contributed by atoms with Crippen LogP contribution in [0.3, 0.4) is 0 Å². The predicted molar refractivity (Wildman–Crippen MR) is 150 cm³/mol. The van der Waals surface area contributed by atoms with Gasteiger partial charge in [-0.05, 0) is 48.2 Å². The van der Waals surface area contributed by atoms with E-state index in [1.807, 2.05) is 18.2 Å². The van der Waals surface area contributed by atoms with Gasteiger partial charge in [0.1, 0.15) is 5.75 Å². The monoisotopic (exact) mass is 534 g/mol. The molecule has 3 aromatic carbocycles. The molecule has 6 nitrogen and oxygen atoms in total. The zero-order valence-electron chi connectivity index (χ0n) is 20.9. The summed E-state index contributed by atoms with van der Waals surface area (Å²) in [4.78, 5) is 18.6. The van der Waals surface area contributed by atoms with Crippen LogP contribution in [0.5, 0.6) is 5.75 Å². The Morgan fingerprint density at radius 3 is 2.22 bits per heavy atom. The molecule has 0 aliphatic rings. The van der Waals surface area contributed by atoms with Gasteiger partial charge in [0.15, 0.2) is 15.0 Å². The number of anilines is 1. The van der Waals surface area contributed by atoms with Crippen LogP contribution < -0.4 is 10.1 Å². The normalized spacial score (nSPS) is 11.3. The number of hydrogen-bond acceptors (Lipinski definition) is 6. The quantitative estimate of drug-likeness (QED) is 0.233. The molecule has 0 atom stereocenters. The summed E-state index contributed by atoms with van der Waals surface area (Å²) < 4.78 is 30.2. The van der Waals surface area contributed by atoms with Gasteiger partial charge in [-0.3, -0.25) is 4.79 Å². The minimum Gasteiger partial charge on any atom is -0.497 e. The van der Waals surface area contributed by atoms with Crippen LogP contribution in [0, 0.1) is 0 Å². The first-order valence-electron chi connectivity index (χ1n) is 12.2. The van der Waals surface area contributed by atoms with E-state index in [9.17, 15) is 13.2 Å². The number of amides is 1. The molecule has 0 saturated heterocycles. The number of carbonyl (C=O) groups excluding carboxylic acids is 1. The number of ether oxygens (including phenoxy) is 1. The first kappa shape index (κ1) is 26.6. The summed E-state index contributed by atoms with van der Waals surface area (Å²) in [5, 5.41) is 3.40. The number of hydrogen-bond donors (Lipinski definition) is 1. The molecule has 8 heteroatoms. The van der Waals surface area contributed by atoms with Gasteiger partial charge in [0.05, 0.1) is 23.5 Å². The van der Waals surface area contributed by atoms with Crippen LogP contribution in [-0.2, 0) is 21.1 Å². The van der Waals surface area contributed by atoms with Crippen LogP contribution in [0.4, 0.5) is 5.13 Å². The molecule has 4 aromatic rings. The highest BCUT2D eigenvalue weighted by Crippen LogP contribution is 2.33. The van der Waals surface area contributed by atoms with Gasteiger partial charge >= 0.3 is 0 Å². The van der Waals surface area contributed by atoms with Crippen molar-refractivity contribution < 1.29 is 17.9 Å². The van der Waals surface area contributed by atoms with Crippen molar-refractivity contribution in [2.75, 3.05) is 18.2 Å². The lowest BCUT2D eigenvalue weighted by molar-refractivity contribution is -0.116. The van der Waals surface area contributed by atoms with Gasteiger partial charge < -0.3 is 10.1 Å². The third kappa shape index (κ3) is 6.84. The minimum atomic E-state index is -3.47. The van der Waals surface area contributed by atoms with Crippen molar-refractivity contribution in [3.63, 3.8) is 0 Å². The first-order valence-corrected chi connectivity index (χ1v) is 14.7. The highest BCUT2D eigenvalue weighted by molar-refractivity contribution is 7.91. The third-order valence-electron chi connectivity index (χ3n) is 5.92.